The van der Waals surface area contributed by atoms with Crippen molar-refractivity contribution in [2.75, 3.05) is 0 Å². The van der Waals surface area contributed by atoms with Gasteiger partial charge in [0, 0.05) is 47.4 Å². The molecule has 0 amide bonds. The summed E-state index contributed by atoms with van der Waals surface area (Å²) in [5.41, 5.74) is 1.34. The Morgan fingerprint density at radius 1 is 0.844 bits per heavy atom. The first kappa shape index (κ1) is 19.5. The molecule has 8 heteroatoms. The molecule has 32 heavy (non-hydrogen) atoms. The molecule has 0 bridgehead atoms. The number of aromatic hydroxyl groups is 4. The Morgan fingerprint density at radius 2 is 1.56 bits per heavy atom. The lowest BCUT2D eigenvalue weighted by atomic mass is 9.87. The molecular formula is C24H17NO7. The quantitative estimate of drug-likeness (QED) is 0.322. The fraction of sp³-hybridized carbons (Fsp3) is 0.0833. The first-order chi connectivity index (χ1) is 15.3. The van der Waals surface area contributed by atoms with Gasteiger partial charge in [-0.2, -0.15) is 0 Å². The van der Waals surface area contributed by atoms with Gasteiger partial charge in [-0.3, -0.25) is 4.79 Å². The van der Waals surface area contributed by atoms with Gasteiger partial charge in [-0.15, -0.1) is 0 Å². The molecule has 3 aliphatic rings. The first-order valence-electron chi connectivity index (χ1n) is 9.72. The highest BCUT2D eigenvalue weighted by Crippen LogP contribution is 2.40. The van der Waals surface area contributed by atoms with Crippen molar-refractivity contribution in [1.82, 2.24) is 4.98 Å². The van der Waals surface area contributed by atoms with E-state index in [4.69, 9.17) is 4.42 Å². The van der Waals surface area contributed by atoms with Crippen LogP contribution in [0.3, 0.4) is 0 Å². The van der Waals surface area contributed by atoms with E-state index in [9.17, 15) is 30.3 Å². The van der Waals surface area contributed by atoms with Crippen LogP contribution in [0.5, 0.6) is 23.0 Å². The average Bonchev–Trinajstić information content (AvgIpc) is 2.72. The van der Waals surface area contributed by atoms with Crippen LogP contribution in [-0.2, 0) is 6.42 Å². The third kappa shape index (κ3) is 3.18. The number of phenols is 4. The van der Waals surface area contributed by atoms with Gasteiger partial charge < -0.3 is 29.9 Å². The van der Waals surface area contributed by atoms with E-state index < -0.39 is 11.3 Å². The predicted molar refractivity (Wildman–Crippen MR) is 115 cm³/mol. The molecule has 2 aliphatic carbocycles. The topological polar surface area (TPSA) is 144 Å². The van der Waals surface area contributed by atoms with Crippen LogP contribution in [0.15, 0.2) is 63.5 Å². The fourth-order valence-corrected chi connectivity index (χ4v) is 3.94. The molecule has 0 aromatic heterocycles. The minimum atomic E-state index is -0.595. The van der Waals surface area contributed by atoms with E-state index in [2.05, 4.69) is 4.98 Å². The number of aliphatic hydroxyl groups excluding tert-OH is 1. The monoisotopic (exact) mass is 431 g/mol. The molecular weight excluding hydrogens is 414 g/mol. The summed E-state index contributed by atoms with van der Waals surface area (Å²) in [6.45, 7) is 0. The Balaban J connectivity index is 1.62. The number of allylic oxidation sites excluding steroid dienone is 1. The standard InChI is InChI=1S/C24H17NO7/c26-11-1-3-13(19(28)5-11)15-7-17-23(9-21(15)30)32-24-10-22(31)16(8-18(24)25-17)14-4-2-12(27)6-20(14)29/h1-7,9-10,16,26-29,31H,8H2. The van der Waals surface area contributed by atoms with Gasteiger partial charge in [-0.05, 0) is 24.3 Å². The van der Waals surface area contributed by atoms with Gasteiger partial charge in [0.2, 0.25) is 0 Å². The number of nitrogens with zero attached hydrogens (tertiary/aromatic N) is 1. The zero-order valence-corrected chi connectivity index (χ0v) is 16.5. The lowest BCUT2D eigenvalue weighted by Gasteiger charge is -2.23. The number of hydrogen-bond donors (Lipinski definition) is 5. The molecule has 0 fully saturated rings. The largest absolute Gasteiger partial charge is 0.512 e. The summed E-state index contributed by atoms with van der Waals surface area (Å²) < 4.78 is 5.81. The molecule has 8 nitrogen and oxygen atoms in total. The lowest BCUT2D eigenvalue weighted by molar-refractivity contribution is 0.354. The van der Waals surface area contributed by atoms with E-state index in [0.29, 0.717) is 22.7 Å². The first-order valence-corrected chi connectivity index (χ1v) is 9.72. The summed E-state index contributed by atoms with van der Waals surface area (Å²) in [5, 5.41) is 49.9. The highest BCUT2D eigenvalue weighted by Gasteiger charge is 2.29. The molecule has 1 atom stereocenters. The summed E-state index contributed by atoms with van der Waals surface area (Å²) in [4.78, 5) is 17.2. The second-order valence-electron chi connectivity index (χ2n) is 7.61. The van der Waals surface area contributed by atoms with Gasteiger partial charge in [0.25, 0.3) is 0 Å². The van der Waals surface area contributed by atoms with Crippen LogP contribution in [0.4, 0.5) is 0 Å². The minimum absolute atomic E-state index is 0.0450. The maximum atomic E-state index is 12.6. The van der Waals surface area contributed by atoms with Crippen molar-refractivity contribution in [3.05, 3.63) is 81.5 Å². The van der Waals surface area contributed by atoms with E-state index >= 15 is 0 Å². The molecule has 160 valence electrons. The molecule has 2 aromatic rings. The van der Waals surface area contributed by atoms with Crippen LogP contribution >= 0.6 is 0 Å². The van der Waals surface area contributed by atoms with Crippen molar-refractivity contribution < 1.29 is 29.9 Å². The maximum absolute atomic E-state index is 12.6. The van der Waals surface area contributed by atoms with Crippen LogP contribution in [0.1, 0.15) is 22.9 Å². The van der Waals surface area contributed by atoms with Crippen LogP contribution < -0.4 is 5.43 Å². The molecule has 1 unspecified atom stereocenters. The van der Waals surface area contributed by atoms with Gasteiger partial charge in [0.05, 0.1) is 11.6 Å². The van der Waals surface area contributed by atoms with Crippen LogP contribution in [0.2, 0.25) is 0 Å². The van der Waals surface area contributed by atoms with Crippen LogP contribution in [-0.4, -0.2) is 30.5 Å². The molecule has 0 saturated heterocycles. The second-order valence-corrected chi connectivity index (χ2v) is 7.61. The summed E-state index contributed by atoms with van der Waals surface area (Å²) in [6, 6.07) is 10.8. The lowest BCUT2D eigenvalue weighted by Crippen LogP contribution is -2.15. The van der Waals surface area contributed by atoms with Crippen molar-refractivity contribution in [2.45, 2.75) is 12.3 Å². The number of aliphatic hydroxyl groups is 1. The van der Waals surface area contributed by atoms with Crippen molar-refractivity contribution in [2.24, 2.45) is 0 Å². The van der Waals surface area contributed by atoms with Gasteiger partial charge in [-0.25, -0.2) is 4.98 Å². The van der Waals surface area contributed by atoms with Crippen LogP contribution in [0.25, 0.3) is 28.7 Å². The zero-order valence-electron chi connectivity index (χ0n) is 16.5. The number of rotatable bonds is 2. The average molecular weight is 431 g/mol. The number of benzene rings is 3. The fourth-order valence-electron chi connectivity index (χ4n) is 3.94. The van der Waals surface area contributed by atoms with Gasteiger partial charge in [0.15, 0.2) is 16.9 Å². The third-order valence-corrected chi connectivity index (χ3v) is 5.52. The highest BCUT2D eigenvalue weighted by atomic mass is 16.3. The Hall–Kier alpha value is -4.46. The maximum Gasteiger partial charge on any atom is 0.190 e. The Kier molecular flexibility index (Phi) is 4.30. The summed E-state index contributed by atoms with van der Waals surface area (Å²) in [5.74, 6) is -0.751. The third-order valence-electron chi connectivity index (χ3n) is 5.52. The van der Waals surface area contributed by atoms with Crippen molar-refractivity contribution in [3.8, 4) is 45.6 Å². The summed E-state index contributed by atoms with van der Waals surface area (Å²) in [7, 11) is 0. The molecule has 0 radical (unpaired) electrons. The predicted octanol–water partition coefficient (Wildman–Crippen LogP) is 3.87. The molecule has 1 aliphatic heterocycles. The van der Waals surface area contributed by atoms with Crippen molar-refractivity contribution in [1.29, 1.82) is 0 Å². The Bertz CT molecular complexity index is 1440. The van der Waals surface area contributed by atoms with E-state index in [-0.39, 0.29) is 52.1 Å². The number of hydrogen-bond acceptors (Lipinski definition) is 8. The Labute approximate surface area is 181 Å². The Morgan fingerprint density at radius 3 is 2.28 bits per heavy atom. The second kappa shape index (κ2) is 7.05. The van der Waals surface area contributed by atoms with Crippen LogP contribution in [0, 0.1) is 0 Å². The molecule has 5 N–H and O–H groups in total. The van der Waals surface area contributed by atoms with E-state index in [0.717, 1.165) is 6.07 Å². The summed E-state index contributed by atoms with van der Waals surface area (Å²) in [6.07, 6.45) is 1.61. The number of aromatic nitrogens is 1. The summed E-state index contributed by atoms with van der Waals surface area (Å²) >= 11 is 0. The van der Waals surface area contributed by atoms with E-state index in [1.165, 1.54) is 48.5 Å². The molecule has 5 rings (SSSR count). The van der Waals surface area contributed by atoms with Gasteiger partial charge in [-0.1, -0.05) is 6.07 Å². The molecule has 2 aromatic carbocycles. The SMILES string of the molecule is O=c1cc2oc3c(nc-2cc1-c1ccc(O)cc1O)CC(c1ccc(O)cc1O)C(O)=C3. The van der Waals surface area contributed by atoms with Crippen molar-refractivity contribution in [3.63, 3.8) is 0 Å². The minimum Gasteiger partial charge on any atom is -0.512 e. The molecule has 0 saturated carbocycles. The van der Waals surface area contributed by atoms with E-state index in [1.54, 1.807) is 0 Å². The normalized spacial score (nSPS) is 15.4. The van der Waals surface area contributed by atoms with E-state index in [1.807, 2.05) is 0 Å². The van der Waals surface area contributed by atoms with Crippen molar-refractivity contribution >= 4 is 6.08 Å². The molecule has 0 spiro atoms. The smallest absolute Gasteiger partial charge is 0.190 e. The number of fused-ring (bicyclic) bond motifs is 2. The molecule has 1 heterocycles. The highest BCUT2D eigenvalue weighted by molar-refractivity contribution is 5.76. The van der Waals surface area contributed by atoms with Gasteiger partial charge >= 0.3 is 0 Å². The zero-order chi connectivity index (χ0) is 22.6. The van der Waals surface area contributed by atoms with Gasteiger partial charge in [0.1, 0.15) is 34.5 Å². The number of phenolic OH excluding ortho intramolecular Hbond substituents is 4.